The number of likely N-dealkylation sites (tertiary alicyclic amines) is 2. The van der Waals surface area contributed by atoms with Gasteiger partial charge in [0, 0.05) is 51.8 Å². The predicted octanol–water partition coefficient (Wildman–Crippen LogP) is 3.84. The number of ether oxygens (including phenoxy) is 1. The van der Waals surface area contributed by atoms with Gasteiger partial charge in [0.2, 0.25) is 0 Å². The molecule has 2 amide bonds. The Morgan fingerprint density at radius 3 is 2.29 bits per heavy atom. The lowest BCUT2D eigenvalue weighted by atomic mass is 9.77. The number of para-hydroxylation sites is 1. The van der Waals surface area contributed by atoms with Gasteiger partial charge in [0.05, 0.1) is 29.4 Å². The number of rotatable bonds is 4. The van der Waals surface area contributed by atoms with E-state index >= 15 is 0 Å². The molecule has 2 saturated heterocycles. The number of hydrogen-bond acceptors (Lipinski definition) is 5. The molecule has 196 valence electrons. The first-order valence-electron chi connectivity index (χ1n) is 13.1. The second-order valence-electron chi connectivity index (χ2n) is 10.5. The van der Waals surface area contributed by atoms with Crippen molar-refractivity contribution in [2.75, 3.05) is 33.3 Å². The van der Waals surface area contributed by atoms with Crippen molar-refractivity contribution in [1.82, 2.24) is 29.1 Å². The van der Waals surface area contributed by atoms with Crippen molar-refractivity contribution >= 4 is 22.8 Å². The summed E-state index contributed by atoms with van der Waals surface area (Å²) >= 11 is 0. The standard InChI is InChI=1S/C29H32N6O3/c1-20-24-25(38-3)22(18-30-26(24)32(2)31-20)28(37)35-17-12-29(19-35)10-15-34(16-11-29)27(36)21-8-4-5-9-23(21)33-13-6-7-14-33/h4-9,13-14,18H,10-12,15-17,19H2,1-3H3. The lowest BCUT2D eigenvalue weighted by molar-refractivity contribution is 0.0565. The summed E-state index contributed by atoms with van der Waals surface area (Å²) in [6.45, 7) is 4.65. The van der Waals surface area contributed by atoms with Crippen LogP contribution in [0.25, 0.3) is 16.7 Å². The van der Waals surface area contributed by atoms with Gasteiger partial charge in [-0.05, 0) is 55.9 Å². The topological polar surface area (TPSA) is 85.5 Å². The highest BCUT2D eigenvalue weighted by molar-refractivity contribution is 6.02. The molecule has 1 aromatic carbocycles. The Kier molecular flexibility index (Phi) is 5.93. The summed E-state index contributed by atoms with van der Waals surface area (Å²) in [5.74, 6) is 0.537. The number of aryl methyl sites for hydroxylation is 2. The zero-order chi connectivity index (χ0) is 26.4. The van der Waals surface area contributed by atoms with Crippen LogP contribution < -0.4 is 4.74 Å². The third-order valence-corrected chi connectivity index (χ3v) is 8.27. The van der Waals surface area contributed by atoms with Crippen molar-refractivity contribution in [2.24, 2.45) is 12.5 Å². The number of carbonyl (C=O) groups is 2. The zero-order valence-corrected chi connectivity index (χ0v) is 22.1. The van der Waals surface area contributed by atoms with Crippen LogP contribution in [0.3, 0.4) is 0 Å². The molecule has 4 aromatic rings. The third kappa shape index (κ3) is 3.93. The molecule has 9 nitrogen and oxygen atoms in total. The van der Waals surface area contributed by atoms with Crippen LogP contribution in [0.5, 0.6) is 5.75 Å². The second-order valence-corrected chi connectivity index (χ2v) is 10.5. The normalized spacial score (nSPS) is 16.9. The van der Waals surface area contributed by atoms with Crippen LogP contribution in [0.1, 0.15) is 45.7 Å². The summed E-state index contributed by atoms with van der Waals surface area (Å²) < 4.78 is 9.39. The molecule has 0 bridgehead atoms. The maximum Gasteiger partial charge on any atom is 0.259 e. The Bertz CT molecular complexity index is 1510. The van der Waals surface area contributed by atoms with Gasteiger partial charge in [-0.25, -0.2) is 4.98 Å². The number of fused-ring (bicyclic) bond motifs is 1. The average Bonchev–Trinajstić information content (AvgIpc) is 3.68. The minimum Gasteiger partial charge on any atom is -0.495 e. The summed E-state index contributed by atoms with van der Waals surface area (Å²) in [7, 11) is 3.42. The van der Waals surface area contributed by atoms with Gasteiger partial charge in [-0.1, -0.05) is 12.1 Å². The number of carbonyl (C=O) groups excluding carboxylic acids is 2. The van der Waals surface area contributed by atoms with Gasteiger partial charge >= 0.3 is 0 Å². The molecule has 2 fully saturated rings. The average molecular weight is 513 g/mol. The van der Waals surface area contributed by atoms with Crippen molar-refractivity contribution in [2.45, 2.75) is 26.2 Å². The molecule has 0 saturated carbocycles. The maximum absolute atomic E-state index is 13.6. The van der Waals surface area contributed by atoms with Gasteiger partial charge < -0.3 is 19.1 Å². The fraction of sp³-hybridized carbons (Fsp3) is 0.379. The molecular formula is C29H32N6O3. The molecule has 0 N–H and O–H groups in total. The molecule has 2 aliphatic rings. The van der Waals surface area contributed by atoms with Crippen LogP contribution in [0.4, 0.5) is 0 Å². The Morgan fingerprint density at radius 1 is 0.921 bits per heavy atom. The van der Waals surface area contributed by atoms with Crippen LogP contribution in [-0.2, 0) is 7.05 Å². The lowest BCUT2D eigenvalue weighted by Gasteiger charge is -2.39. The molecule has 0 unspecified atom stereocenters. The van der Waals surface area contributed by atoms with E-state index in [1.807, 2.05) is 77.1 Å². The van der Waals surface area contributed by atoms with Gasteiger partial charge in [-0.3, -0.25) is 14.3 Å². The van der Waals surface area contributed by atoms with Gasteiger partial charge in [0.1, 0.15) is 11.3 Å². The molecule has 0 radical (unpaired) electrons. The minimum absolute atomic E-state index is 0.0291. The van der Waals surface area contributed by atoms with Gasteiger partial charge in [-0.15, -0.1) is 0 Å². The summed E-state index contributed by atoms with van der Waals surface area (Å²) in [6, 6.07) is 11.7. The van der Waals surface area contributed by atoms with Crippen LogP contribution in [0.2, 0.25) is 0 Å². The Balaban J connectivity index is 1.16. The number of aromatic nitrogens is 4. The molecule has 5 heterocycles. The highest BCUT2D eigenvalue weighted by Gasteiger charge is 2.43. The van der Waals surface area contributed by atoms with Crippen LogP contribution in [0, 0.1) is 12.3 Å². The maximum atomic E-state index is 13.6. The highest BCUT2D eigenvalue weighted by atomic mass is 16.5. The van der Waals surface area contributed by atoms with E-state index < -0.39 is 0 Å². The molecule has 2 aliphatic heterocycles. The number of nitrogens with zero attached hydrogens (tertiary/aromatic N) is 6. The van der Waals surface area contributed by atoms with Gasteiger partial charge in [0.25, 0.3) is 11.8 Å². The molecule has 1 spiro atoms. The van der Waals surface area contributed by atoms with Crippen molar-refractivity contribution in [3.8, 4) is 11.4 Å². The zero-order valence-electron chi connectivity index (χ0n) is 22.1. The smallest absolute Gasteiger partial charge is 0.259 e. The fourth-order valence-corrected chi connectivity index (χ4v) is 6.16. The van der Waals surface area contributed by atoms with E-state index in [0.29, 0.717) is 48.7 Å². The number of amides is 2. The number of piperidine rings is 1. The molecule has 38 heavy (non-hydrogen) atoms. The number of methoxy groups -OCH3 is 1. The first kappa shape index (κ1) is 24.2. The Morgan fingerprint density at radius 2 is 1.58 bits per heavy atom. The van der Waals surface area contributed by atoms with Gasteiger partial charge in [-0.2, -0.15) is 5.10 Å². The van der Waals surface area contributed by atoms with E-state index in [4.69, 9.17) is 4.74 Å². The summed E-state index contributed by atoms with van der Waals surface area (Å²) in [5, 5.41) is 5.22. The largest absolute Gasteiger partial charge is 0.495 e. The van der Waals surface area contributed by atoms with Crippen molar-refractivity contribution in [1.29, 1.82) is 0 Å². The van der Waals surface area contributed by atoms with E-state index in [1.165, 1.54) is 0 Å². The number of benzene rings is 1. The van der Waals surface area contributed by atoms with Crippen LogP contribution >= 0.6 is 0 Å². The summed E-state index contributed by atoms with van der Waals surface area (Å²) in [5.41, 5.74) is 3.59. The molecular weight excluding hydrogens is 480 g/mol. The first-order chi connectivity index (χ1) is 18.4. The second kappa shape index (κ2) is 9.31. The molecule has 9 heteroatoms. The van der Waals surface area contributed by atoms with E-state index in [-0.39, 0.29) is 17.2 Å². The molecule has 6 rings (SSSR count). The van der Waals surface area contributed by atoms with Crippen molar-refractivity contribution < 1.29 is 14.3 Å². The van der Waals surface area contributed by atoms with Crippen molar-refractivity contribution in [3.05, 3.63) is 71.8 Å². The van der Waals surface area contributed by atoms with Crippen LogP contribution in [0.15, 0.2) is 55.0 Å². The van der Waals surface area contributed by atoms with E-state index in [2.05, 4.69) is 10.1 Å². The third-order valence-electron chi connectivity index (χ3n) is 8.27. The van der Waals surface area contributed by atoms with Crippen molar-refractivity contribution in [3.63, 3.8) is 0 Å². The monoisotopic (exact) mass is 512 g/mol. The summed E-state index contributed by atoms with van der Waals surface area (Å²) in [6.07, 6.45) is 8.22. The first-order valence-corrected chi connectivity index (χ1v) is 13.1. The summed E-state index contributed by atoms with van der Waals surface area (Å²) in [4.78, 5) is 35.5. The number of hydrogen-bond donors (Lipinski definition) is 0. The predicted molar refractivity (Wildman–Crippen MR) is 144 cm³/mol. The van der Waals surface area contributed by atoms with Gasteiger partial charge in [0.15, 0.2) is 5.65 Å². The minimum atomic E-state index is -0.0597. The highest BCUT2D eigenvalue weighted by Crippen LogP contribution is 2.42. The molecule has 0 aliphatic carbocycles. The van der Waals surface area contributed by atoms with E-state index in [1.54, 1.807) is 18.0 Å². The van der Waals surface area contributed by atoms with E-state index in [0.717, 1.165) is 36.0 Å². The Labute approximate surface area is 221 Å². The van der Waals surface area contributed by atoms with Crippen LogP contribution in [-0.4, -0.2) is 74.2 Å². The Hall–Kier alpha value is -4.14. The van der Waals surface area contributed by atoms with E-state index in [9.17, 15) is 9.59 Å². The lowest BCUT2D eigenvalue weighted by Crippen LogP contribution is -2.45. The quantitative estimate of drug-likeness (QED) is 0.415. The SMILES string of the molecule is COc1c(C(=O)N2CCC3(CCN(C(=O)c4ccccc4-n4cccc4)CC3)C2)cnc2c1c(C)nn2C. The number of pyridine rings is 1. The molecule has 0 atom stereocenters. The fourth-order valence-electron chi connectivity index (χ4n) is 6.16. The molecule has 3 aromatic heterocycles.